The fourth-order valence-electron chi connectivity index (χ4n) is 3.95. The van der Waals surface area contributed by atoms with Gasteiger partial charge in [-0.1, -0.05) is 43.9 Å². The Hall–Kier alpha value is -2.11. The Kier molecular flexibility index (Phi) is 5.43. The summed E-state index contributed by atoms with van der Waals surface area (Å²) < 4.78 is 2.05. The van der Waals surface area contributed by atoms with Crippen LogP contribution >= 0.6 is 34.4 Å². The Labute approximate surface area is 191 Å². The fraction of sp³-hybridized carbons (Fsp3) is 0.500. The molecule has 4 aromatic rings. The van der Waals surface area contributed by atoms with Crippen LogP contribution in [0.4, 0.5) is 5.13 Å². The number of anilines is 1. The van der Waals surface area contributed by atoms with E-state index in [9.17, 15) is 4.79 Å². The third-order valence-corrected chi connectivity index (χ3v) is 8.25. The molecule has 0 radical (unpaired) electrons. The first-order valence-corrected chi connectivity index (χ1v) is 12.9. The van der Waals surface area contributed by atoms with Gasteiger partial charge in [0.2, 0.25) is 11.0 Å². The van der Waals surface area contributed by atoms with Gasteiger partial charge in [0.15, 0.2) is 10.8 Å². The summed E-state index contributed by atoms with van der Waals surface area (Å²) in [6, 6.07) is 0. The minimum atomic E-state index is -0.139. The summed E-state index contributed by atoms with van der Waals surface area (Å²) in [6.45, 7) is 8.43. The number of nitrogens with zero attached hydrogens (tertiary/aromatic N) is 6. The summed E-state index contributed by atoms with van der Waals surface area (Å²) in [5.41, 5.74) is 2.25. The Bertz CT molecular complexity index is 1290. The molecule has 1 atom stereocenters. The average molecular weight is 474 g/mol. The summed E-state index contributed by atoms with van der Waals surface area (Å²) in [6.07, 6.45) is 3.37. The number of hydrogen-bond acceptors (Lipinski definition) is 9. The lowest BCUT2D eigenvalue weighted by Gasteiger charge is -2.17. The van der Waals surface area contributed by atoms with Crippen molar-refractivity contribution in [2.24, 2.45) is 5.92 Å². The second kappa shape index (κ2) is 8.10. The second-order valence-corrected chi connectivity index (χ2v) is 11.5. The second-order valence-electron chi connectivity index (χ2n) is 8.26. The number of thiophene rings is 1. The molecular formula is C20H23N7OS3. The van der Waals surface area contributed by atoms with Crippen LogP contribution in [0.2, 0.25) is 0 Å². The lowest BCUT2D eigenvalue weighted by Crippen LogP contribution is -2.14. The van der Waals surface area contributed by atoms with Crippen LogP contribution in [0.3, 0.4) is 0 Å². The lowest BCUT2D eigenvalue weighted by molar-refractivity contribution is -0.113. The molecule has 1 aliphatic carbocycles. The standard InChI is InChI=1S/C20H23N7OS3/c1-9(2)16-22-18-15(12-6-5-10(3)7-13(12)31-18)17-24-26-20(27(16)17)29-8-14(28)21-19-25-23-11(4)30-19/h9-10H,5-8H2,1-4H3,(H,21,25,28). The number of nitrogens with one attached hydrogen (secondary N) is 1. The highest BCUT2D eigenvalue weighted by atomic mass is 32.2. The van der Waals surface area contributed by atoms with E-state index in [1.807, 2.05) is 11.3 Å². The maximum atomic E-state index is 12.4. The van der Waals surface area contributed by atoms with E-state index in [-0.39, 0.29) is 17.6 Å². The number of thioether (sulfide) groups is 1. The van der Waals surface area contributed by atoms with E-state index < -0.39 is 0 Å². The monoisotopic (exact) mass is 473 g/mol. The van der Waals surface area contributed by atoms with E-state index in [0.717, 1.165) is 39.5 Å². The van der Waals surface area contributed by atoms with E-state index in [1.165, 1.54) is 40.0 Å². The molecule has 1 amide bonds. The zero-order valence-electron chi connectivity index (χ0n) is 17.8. The highest BCUT2D eigenvalue weighted by Gasteiger charge is 2.26. The van der Waals surface area contributed by atoms with Crippen LogP contribution in [0.1, 0.15) is 54.4 Å². The number of carbonyl (C=O) groups excluding carboxylic acids is 1. The summed E-state index contributed by atoms with van der Waals surface area (Å²) in [7, 11) is 0. The summed E-state index contributed by atoms with van der Waals surface area (Å²) in [4.78, 5) is 19.9. The van der Waals surface area contributed by atoms with Crippen LogP contribution in [0.5, 0.6) is 0 Å². The topological polar surface area (TPSA) is 98.0 Å². The predicted molar refractivity (Wildman–Crippen MR) is 125 cm³/mol. The number of amides is 1. The molecule has 1 unspecified atom stereocenters. The van der Waals surface area contributed by atoms with Gasteiger partial charge >= 0.3 is 0 Å². The van der Waals surface area contributed by atoms with Gasteiger partial charge in [0.1, 0.15) is 15.7 Å². The number of rotatable bonds is 5. The van der Waals surface area contributed by atoms with Crippen molar-refractivity contribution in [1.29, 1.82) is 0 Å². The molecule has 1 N–H and O–H groups in total. The molecule has 4 heterocycles. The molecule has 0 bridgehead atoms. The van der Waals surface area contributed by atoms with Crippen LogP contribution in [0.15, 0.2) is 5.16 Å². The molecule has 0 fully saturated rings. The molecule has 1 aliphatic rings. The Morgan fingerprint density at radius 2 is 2.10 bits per heavy atom. The van der Waals surface area contributed by atoms with Crippen molar-refractivity contribution < 1.29 is 4.79 Å². The maximum absolute atomic E-state index is 12.4. The molecule has 5 rings (SSSR count). The van der Waals surface area contributed by atoms with Crippen LogP contribution < -0.4 is 5.32 Å². The number of aryl methyl sites for hydroxylation is 2. The average Bonchev–Trinajstić information content (AvgIpc) is 3.41. The Morgan fingerprint density at radius 1 is 1.26 bits per heavy atom. The third-order valence-electron chi connectivity index (χ3n) is 5.42. The zero-order valence-corrected chi connectivity index (χ0v) is 20.2. The van der Waals surface area contributed by atoms with E-state index in [4.69, 9.17) is 4.98 Å². The molecule has 162 valence electrons. The SMILES string of the molecule is Cc1nnc(NC(=O)CSc2nnc3c4c5c(sc4nc(C(C)C)n23)CC(C)CC5)s1. The lowest BCUT2D eigenvalue weighted by atomic mass is 9.89. The molecule has 4 aromatic heterocycles. The van der Waals surface area contributed by atoms with E-state index in [0.29, 0.717) is 16.2 Å². The number of hydrogen-bond donors (Lipinski definition) is 1. The van der Waals surface area contributed by atoms with Gasteiger partial charge in [-0.3, -0.25) is 14.5 Å². The van der Waals surface area contributed by atoms with E-state index in [1.54, 1.807) is 11.3 Å². The molecule has 0 spiro atoms. The van der Waals surface area contributed by atoms with Crippen LogP contribution in [-0.4, -0.2) is 41.4 Å². The van der Waals surface area contributed by atoms with Crippen LogP contribution in [0.25, 0.3) is 15.9 Å². The van der Waals surface area contributed by atoms with E-state index in [2.05, 4.69) is 46.5 Å². The minimum absolute atomic E-state index is 0.139. The van der Waals surface area contributed by atoms with Gasteiger partial charge < -0.3 is 0 Å². The summed E-state index contributed by atoms with van der Waals surface area (Å²) in [5, 5.41) is 22.9. The smallest absolute Gasteiger partial charge is 0.236 e. The quantitative estimate of drug-likeness (QED) is 0.427. The van der Waals surface area contributed by atoms with Gasteiger partial charge in [-0.2, -0.15) is 0 Å². The molecule has 0 saturated carbocycles. The number of aromatic nitrogens is 6. The van der Waals surface area contributed by atoms with E-state index >= 15 is 0 Å². The van der Waals surface area contributed by atoms with Crippen molar-refractivity contribution in [1.82, 2.24) is 29.8 Å². The highest BCUT2D eigenvalue weighted by molar-refractivity contribution is 7.99. The predicted octanol–water partition coefficient (Wildman–Crippen LogP) is 4.48. The Balaban J connectivity index is 1.50. The Morgan fingerprint density at radius 3 is 2.84 bits per heavy atom. The zero-order chi connectivity index (χ0) is 21.7. The minimum Gasteiger partial charge on any atom is -0.300 e. The highest BCUT2D eigenvalue weighted by Crippen LogP contribution is 2.40. The summed E-state index contributed by atoms with van der Waals surface area (Å²) in [5.74, 6) is 1.93. The van der Waals surface area contributed by atoms with Gasteiger partial charge in [0.25, 0.3) is 0 Å². The summed E-state index contributed by atoms with van der Waals surface area (Å²) >= 11 is 4.53. The first-order chi connectivity index (χ1) is 14.9. The van der Waals surface area contributed by atoms with Crippen LogP contribution in [-0.2, 0) is 17.6 Å². The normalized spacial score (nSPS) is 16.4. The van der Waals surface area contributed by atoms with Gasteiger partial charge in [-0.05, 0) is 37.7 Å². The fourth-order valence-corrected chi connectivity index (χ4v) is 6.68. The molecular weight excluding hydrogens is 450 g/mol. The molecule has 0 saturated heterocycles. The first kappa shape index (κ1) is 20.8. The molecule has 11 heteroatoms. The van der Waals surface area contributed by atoms with Crippen molar-refractivity contribution in [3.8, 4) is 0 Å². The first-order valence-electron chi connectivity index (χ1n) is 10.3. The van der Waals surface area contributed by atoms with Crippen LogP contribution in [0, 0.1) is 12.8 Å². The van der Waals surface area contributed by atoms with Crippen molar-refractivity contribution in [2.75, 3.05) is 11.1 Å². The third kappa shape index (κ3) is 3.83. The van der Waals surface area contributed by atoms with Gasteiger partial charge in [0, 0.05) is 10.8 Å². The van der Waals surface area contributed by atoms with Crippen molar-refractivity contribution in [3.05, 3.63) is 21.3 Å². The van der Waals surface area contributed by atoms with Gasteiger partial charge in [-0.15, -0.1) is 31.7 Å². The number of fused-ring (bicyclic) bond motifs is 5. The molecule has 0 aliphatic heterocycles. The van der Waals surface area contributed by atoms with Gasteiger partial charge in [-0.25, -0.2) is 4.98 Å². The number of carbonyl (C=O) groups is 1. The van der Waals surface area contributed by atoms with Crippen molar-refractivity contribution >= 4 is 61.3 Å². The van der Waals surface area contributed by atoms with Gasteiger partial charge in [0.05, 0.1) is 11.1 Å². The van der Waals surface area contributed by atoms with Crippen molar-refractivity contribution in [3.63, 3.8) is 0 Å². The maximum Gasteiger partial charge on any atom is 0.236 e. The molecule has 0 aromatic carbocycles. The van der Waals surface area contributed by atoms with Crippen molar-refractivity contribution in [2.45, 2.75) is 58.0 Å². The molecule has 8 nitrogen and oxygen atoms in total. The molecule has 31 heavy (non-hydrogen) atoms. The largest absolute Gasteiger partial charge is 0.300 e.